The molecule has 0 aliphatic carbocycles. The van der Waals surface area contributed by atoms with Crippen LogP contribution in [0.5, 0.6) is 0 Å². The van der Waals surface area contributed by atoms with Crippen molar-refractivity contribution < 1.29 is 4.74 Å². The standard InChI is InChI=1S/C14H22ClNO/c1-3-5-6-12(4-2)10-17-11-14-9-13(15)7-8-16-14/h7-9,12H,3-6,10-11H2,1-2H3. The van der Waals surface area contributed by atoms with E-state index in [1.807, 2.05) is 6.07 Å². The SMILES string of the molecule is CCCCC(CC)COCc1cc(Cl)ccn1. The van der Waals surface area contributed by atoms with Crippen molar-refractivity contribution in [3.63, 3.8) is 0 Å². The molecule has 0 aromatic carbocycles. The Kier molecular flexibility index (Phi) is 7.22. The van der Waals surface area contributed by atoms with Crippen molar-refractivity contribution in [2.24, 2.45) is 5.92 Å². The highest BCUT2D eigenvalue weighted by atomic mass is 35.5. The van der Waals surface area contributed by atoms with Crippen LogP contribution in [0.2, 0.25) is 5.02 Å². The first-order valence-electron chi connectivity index (χ1n) is 6.44. The van der Waals surface area contributed by atoms with E-state index in [9.17, 15) is 0 Å². The first kappa shape index (κ1) is 14.5. The third-order valence-corrected chi connectivity index (χ3v) is 3.16. The fourth-order valence-corrected chi connectivity index (χ4v) is 1.94. The summed E-state index contributed by atoms with van der Waals surface area (Å²) in [5, 5.41) is 0.719. The number of hydrogen-bond donors (Lipinski definition) is 0. The van der Waals surface area contributed by atoms with E-state index in [4.69, 9.17) is 16.3 Å². The van der Waals surface area contributed by atoms with Gasteiger partial charge in [0, 0.05) is 17.8 Å². The largest absolute Gasteiger partial charge is 0.375 e. The van der Waals surface area contributed by atoms with Gasteiger partial charge >= 0.3 is 0 Å². The van der Waals surface area contributed by atoms with Crippen LogP contribution in [-0.4, -0.2) is 11.6 Å². The van der Waals surface area contributed by atoms with Gasteiger partial charge in [-0.1, -0.05) is 44.7 Å². The number of hydrogen-bond acceptors (Lipinski definition) is 2. The quantitative estimate of drug-likeness (QED) is 0.684. The van der Waals surface area contributed by atoms with E-state index in [1.54, 1.807) is 12.3 Å². The monoisotopic (exact) mass is 255 g/mol. The second kappa shape index (κ2) is 8.48. The first-order valence-corrected chi connectivity index (χ1v) is 6.82. The highest BCUT2D eigenvalue weighted by Gasteiger charge is 2.06. The van der Waals surface area contributed by atoms with Crippen LogP contribution in [0.1, 0.15) is 45.2 Å². The number of halogens is 1. The molecule has 0 radical (unpaired) electrons. The minimum absolute atomic E-state index is 0.559. The molecule has 2 nitrogen and oxygen atoms in total. The van der Waals surface area contributed by atoms with E-state index in [0.717, 1.165) is 17.3 Å². The lowest BCUT2D eigenvalue weighted by molar-refractivity contribution is 0.0799. The molecule has 0 fully saturated rings. The average Bonchev–Trinajstić information content (AvgIpc) is 2.33. The summed E-state index contributed by atoms with van der Waals surface area (Å²) >= 11 is 5.89. The van der Waals surface area contributed by atoms with Gasteiger partial charge in [0.05, 0.1) is 12.3 Å². The van der Waals surface area contributed by atoms with Crippen molar-refractivity contribution in [2.45, 2.75) is 46.1 Å². The van der Waals surface area contributed by atoms with Crippen LogP contribution in [-0.2, 0) is 11.3 Å². The van der Waals surface area contributed by atoms with Crippen molar-refractivity contribution >= 4 is 11.6 Å². The number of pyridine rings is 1. The zero-order chi connectivity index (χ0) is 12.5. The smallest absolute Gasteiger partial charge is 0.0888 e. The Morgan fingerprint density at radius 1 is 1.41 bits per heavy atom. The number of unbranched alkanes of at least 4 members (excludes halogenated alkanes) is 1. The summed E-state index contributed by atoms with van der Waals surface area (Å²) in [5.41, 5.74) is 0.905. The second-order valence-corrected chi connectivity index (χ2v) is 4.83. The van der Waals surface area contributed by atoms with Crippen LogP contribution in [0.3, 0.4) is 0 Å². The van der Waals surface area contributed by atoms with Crippen molar-refractivity contribution in [1.29, 1.82) is 0 Å². The molecule has 0 aliphatic heterocycles. The van der Waals surface area contributed by atoms with Gasteiger partial charge in [0.15, 0.2) is 0 Å². The van der Waals surface area contributed by atoms with E-state index in [2.05, 4.69) is 18.8 Å². The summed E-state index contributed by atoms with van der Waals surface area (Å²) in [6, 6.07) is 3.63. The molecule has 3 heteroatoms. The van der Waals surface area contributed by atoms with Gasteiger partial charge < -0.3 is 4.74 Å². The van der Waals surface area contributed by atoms with E-state index >= 15 is 0 Å². The minimum Gasteiger partial charge on any atom is -0.375 e. The maximum absolute atomic E-state index is 5.89. The van der Waals surface area contributed by atoms with E-state index in [1.165, 1.54) is 25.7 Å². The molecular formula is C14H22ClNO. The molecule has 0 amide bonds. The summed E-state index contributed by atoms with van der Waals surface area (Å²) in [4.78, 5) is 4.21. The summed E-state index contributed by atoms with van der Waals surface area (Å²) in [6.45, 7) is 5.83. The van der Waals surface area contributed by atoms with E-state index in [0.29, 0.717) is 12.5 Å². The molecule has 1 heterocycles. The van der Waals surface area contributed by atoms with Gasteiger partial charge in [-0.25, -0.2) is 0 Å². The molecule has 96 valence electrons. The third kappa shape index (κ3) is 6.04. The van der Waals surface area contributed by atoms with Crippen LogP contribution < -0.4 is 0 Å². The van der Waals surface area contributed by atoms with E-state index in [-0.39, 0.29) is 0 Å². The molecule has 1 atom stereocenters. The molecule has 1 rings (SSSR count). The molecule has 0 aliphatic rings. The predicted molar refractivity (Wildman–Crippen MR) is 72.2 cm³/mol. The Morgan fingerprint density at radius 2 is 2.24 bits per heavy atom. The summed E-state index contributed by atoms with van der Waals surface area (Å²) in [7, 11) is 0. The van der Waals surface area contributed by atoms with Gasteiger partial charge in [-0.15, -0.1) is 0 Å². The Labute approximate surface area is 109 Å². The van der Waals surface area contributed by atoms with Crippen LogP contribution in [0.25, 0.3) is 0 Å². The molecular weight excluding hydrogens is 234 g/mol. The Balaban J connectivity index is 2.26. The number of aromatic nitrogens is 1. The van der Waals surface area contributed by atoms with Gasteiger partial charge in [0.2, 0.25) is 0 Å². The summed E-state index contributed by atoms with van der Waals surface area (Å²) in [5.74, 6) is 0.675. The number of rotatable bonds is 8. The zero-order valence-electron chi connectivity index (χ0n) is 10.8. The molecule has 0 saturated heterocycles. The fraction of sp³-hybridized carbons (Fsp3) is 0.643. The molecule has 0 N–H and O–H groups in total. The second-order valence-electron chi connectivity index (χ2n) is 4.40. The van der Waals surface area contributed by atoms with Gasteiger partial charge in [-0.2, -0.15) is 0 Å². The lowest BCUT2D eigenvalue weighted by atomic mass is 10.0. The highest BCUT2D eigenvalue weighted by Crippen LogP contribution is 2.14. The third-order valence-electron chi connectivity index (χ3n) is 2.93. The number of ether oxygens (including phenoxy) is 1. The maximum Gasteiger partial charge on any atom is 0.0888 e. The predicted octanol–water partition coefficient (Wildman–Crippen LogP) is 4.47. The lowest BCUT2D eigenvalue weighted by Gasteiger charge is -2.14. The zero-order valence-corrected chi connectivity index (χ0v) is 11.5. The summed E-state index contributed by atoms with van der Waals surface area (Å²) in [6.07, 6.45) is 6.71. The van der Waals surface area contributed by atoms with Gasteiger partial charge in [-0.05, 0) is 24.5 Å². The lowest BCUT2D eigenvalue weighted by Crippen LogP contribution is -2.09. The van der Waals surface area contributed by atoms with Crippen LogP contribution >= 0.6 is 11.6 Å². The van der Waals surface area contributed by atoms with Crippen molar-refractivity contribution in [3.05, 3.63) is 29.0 Å². The molecule has 0 bridgehead atoms. The highest BCUT2D eigenvalue weighted by molar-refractivity contribution is 6.30. The fourth-order valence-electron chi connectivity index (χ4n) is 1.76. The molecule has 17 heavy (non-hydrogen) atoms. The van der Waals surface area contributed by atoms with Crippen LogP contribution in [0.4, 0.5) is 0 Å². The average molecular weight is 256 g/mol. The minimum atomic E-state index is 0.559. The summed E-state index contributed by atoms with van der Waals surface area (Å²) < 4.78 is 5.70. The van der Waals surface area contributed by atoms with E-state index < -0.39 is 0 Å². The van der Waals surface area contributed by atoms with Crippen LogP contribution in [0.15, 0.2) is 18.3 Å². The van der Waals surface area contributed by atoms with Gasteiger partial charge in [-0.3, -0.25) is 4.98 Å². The maximum atomic E-state index is 5.89. The van der Waals surface area contributed by atoms with Crippen molar-refractivity contribution in [2.75, 3.05) is 6.61 Å². The first-order chi connectivity index (χ1) is 8.26. The van der Waals surface area contributed by atoms with Gasteiger partial charge in [0.25, 0.3) is 0 Å². The molecule has 0 spiro atoms. The normalized spacial score (nSPS) is 12.6. The molecule has 1 aromatic rings. The molecule has 0 saturated carbocycles. The number of nitrogens with zero attached hydrogens (tertiary/aromatic N) is 1. The van der Waals surface area contributed by atoms with Crippen molar-refractivity contribution in [3.8, 4) is 0 Å². The topological polar surface area (TPSA) is 22.1 Å². The Bertz CT molecular complexity index is 317. The molecule has 1 unspecified atom stereocenters. The van der Waals surface area contributed by atoms with Crippen molar-refractivity contribution in [1.82, 2.24) is 4.98 Å². The van der Waals surface area contributed by atoms with Crippen LogP contribution in [0, 0.1) is 5.92 Å². The van der Waals surface area contributed by atoms with Gasteiger partial charge in [0.1, 0.15) is 0 Å². The molecule has 1 aromatic heterocycles. The Hall–Kier alpha value is -0.600. The Morgan fingerprint density at radius 3 is 2.88 bits per heavy atom.